The van der Waals surface area contributed by atoms with Crippen LogP contribution < -0.4 is 0 Å². The van der Waals surface area contributed by atoms with Crippen molar-refractivity contribution in [1.82, 2.24) is 9.36 Å². The molecule has 78 valence electrons. The molecule has 3 rings (SSSR count). The molecule has 0 bridgehead atoms. The van der Waals surface area contributed by atoms with Crippen LogP contribution in [0.3, 0.4) is 0 Å². The third-order valence-corrected chi connectivity index (χ3v) is 3.44. The summed E-state index contributed by atoms with van der Waals surface area (Å²) in [7, 11) is 0. The molecule has 0 saturated carbocycles. The average molecular weight is 247 g/mol. The van der Waals surface area contributed by atoms with Crippen LogP contribution in [0.4, 0.5) is 0 Å². The van der Waals surface area contributed by atoms with Crippen LogP contribution in [0.5, 0.6) is 0 Å². The van der Waals surface area contributed by atoms with Gasteiger partial charge in [-0.1, -0.05) is 42.5 Å². The molecule has 1 aromatic heterocycles. The Balaban J connectivity index is 2.31. The van der Waals surface area contributed by atoms with E-state index in [1.165, 1.54) is 22.3 Å². The molecule has 0 saturated heterocycles. The molecule has 0 radical (unpaired) electrons. The Morgan fingerprint density at radius 2 is 1.81 bits per heavy atom. The largest absolute Gasteiger partial charge is 0.234 e. The van der Waals surface area contributed by atoms with Crippen molar-refractivity contribution >= 4 is 33.9 Å². The van der Waals surface area contributed by atoms with Crippen LogP contribution in [0.15, 0.2) is 42.5 Å². The van der Waals surface area contributed by atoms with E-state index < -0.39 is 0 Å². The Morgan fingerprint density at radius 1 is 1.00 bits per heavy atom. The van der Waals surface area contributed by atoms with Gasteiger partial charge in [0.25, 0.3) is 0 Å². The second-order valence-electron chi connectivity index (χ2n) is 3.40. The van der Waals surface area contributed by atoms with Crippen LogP contribution in [-0.2, 0) is 0 Å². The number of nitrogens with zero attached hydrogens (tertiary/aromatic N) is 2. The van der Waals surface area contributed by atoms with Crippen molar-refractivity contribution in [3.63, 3.8) is 0 Å². The standard InChI is InChI=1S/C12H7ClN2S/c13-12-14-11(16-15-12)10-7-3-5-8-4-1-2-6-9(8)10/h1-7H. The maximum atomic E-state index is 5.75. The Hall–Kier alpha value is -1.45. The van der Waals surface area contributed by atoms with Gasteiger partial charge in [0.2, 0.25) is 5.28 Å². The summed E-state index contributed by atoms with van der Waals surface area (Å²) in [6.45, 7) is 0. The summed E-state index contributed by atoms with van der Waals surface area (Å²) in [5, 5.41) is 3.55. The normalized spacial score (nSPS) is 10.8. The number of hydrogen-bond acceptors (Lipinski definition) is 3. The highest BCUT2D eigenvalue weighted by Crippen LogP contribution is 2.30. The molecule has 16 heavy (non-hydrogen) atoms. The second kappa shape index (κ2) is 3.85. The van der Waals surface area contributed by atoms with Gasteiger partial charge in [-0.25, -0.2) is 4.98 Å². The molecule has 0 aliphatic carbocycles. The van der Waals surface area contributed by atoms with Gasteiger partial charge in [-0.3, -0.25) is 0 Å². The van der Waals surface area contributed by atoms with Crippen LogP contribution in [0.1, 0.15) is 0 Å². The molecule has 3 aromatic rings. The van der Waals surface area contributed by atoms with Crippen molar-refractivity contribution in [2.24, 2.45) is 0 Å². The molecule has 1 heterocycles. The van der Waals surface area contributed by atoms with Crippen LogP contribution in [-0.4, -0.2) is 9.36 Å². The molecule has 0 N–H and O–H groups in total. The fraction of sp³-hybridized carbons (Fsp3) is 0. The van der Waals surface area contributed by atoms with Crippen molar-refractivity contribution < 1.29 is 0 Å². The quantitative estimate of drug-likeness (QED) is 0.648. The number of benzene rings is 2. The zero-order valence-electron chi connectivity index (χ0n) is 8.22. The number of halogens is 1. The van der Waals surface area contributed by atoms with Crippen LogP contribution in [0.2, 0.25) is 5.28 Å². The summed E-state index contributed by atoms with van der Waals surface area (Å²) in [5.41, 5.74) is 1.09. The maximum absolute atomic E-state index is 5.75. The lowest BCUT2D eigenvalue weighted by atomic mass is 10.1. The number of hydrogen-bond donors (Lipinski definition) is 0. The third kappa shape index (κ3) is 1.58. The molecule has 0 aliphatic rings. The topological polar surface area (TPSA) is 25.8 Å². The highest BCUT2D eigenvalue weighted by Gasteiger charge is 2.07. The molecule has 2 aromatic carbocycles. The Labute approximate surface area is 102 Å². The van der Waals surface area contributed by atoms with Gasteiger partial charge in [-0.2, -0.15) is 4.37 Å². The lowest BCUT2D eigenvalue weighted by Crippen LogP contribution is -1.79. The summed E-state index contributed by atoms with van der Waals surface area (Å²) in [6.07, 6.45) is 0. The maximum Gasteiger partial charge on any atom is 0.234 e. The van der Waals surface area contributed by atoms with Crippen molar-refractivity contribution in [2.75, 3.05) is 0 Å². The first-order valence-corrected chi connectivity index (χ1v) is 5.97. The van der Waals surface area contributed by atoms with Gasteiger partial charge in [-0.15, -0.1) is 0 Å². The molecular formula is C12H7ClN2S. The van der Waals surface area contributed by atoms with E-state index in [4.69, 9.17) is 11.6 Å². The second-order valence-corrected chi connectivity index (χ2v) is 4.49. The lowest BCUT2D eigenvalue weighted by Gasteiger charge is -2.02. The first-order valence-electron chi connectivity index (χ1n) is 4.82. The van der Waals surface area contributed by atoms with E-state index in [1.807, 2.05) is 24.3 Å². The Morgan fingerprint density at radius 3 is 2.62 bits per heavy atom. The van der Waals surface area contributed by atoms with Gasteiger partial charge >= 0.3 is 0 Å². The van der Waals surface area contributed by atoms with Gasteiger partial charge in [-0.05, 0) is 33.9 Å². The van der Waals surface area contributed by atoms with Gasteiger partial charge in [0.15, 0.2) is 0 Å². The minimum absolute atomic E-state index is 0.313. The summed E-state index contributed by atoms with van der Waals surface area (Å²) >= 11 is 7.07. The number of fused-ring (bicyclic) bond motifs is 1. The molecule has 0 spiro atoms. The van der Waals surface area contributed by atoms with Gasteiger partial charge in [0, 0.05) is 5.56 Å². The highest BCUT2D eigenvalue weighted by atomic mass is 35.5. The van der Waals surface area contributed by atoms with Crippen molar-refractivity contribution in [3.8, 4) is 10.6 Å². The summed E-state index contributed by atoms with van der Waals surface area (Å²) < 4.78 is 4.00. The van der Waals surface area contributed by atoms with E-state index in [9.17, 15) is 0 Å². The minimum atomic E-state index is 0.313. The summed E-state index contributed by atoms with van der Waals surface area (Å²) in [6, 6.07) is 14.4. The van der Waals surface area contributed by atoms with E-state index >= 15 is 0 Å². The zero-order chi connectivity index (χ0) is 11.0. The van der Waals surface area contributed by atoms with Crippen molar-refractivity contribution in [1.29, 1.82) is 0 Å². The van der Waals surface area contributed by atoms with Crippen molar-refractivity contribution in [3.05, 3.63) is 47.7 Å². The van der Waals surface area contributed by atoms with Gasteiger partial charge < -0.3 is 0 Å². The van der Waals surface area contributed by atoms with Gasteiger partial charge in [0.1, 0.15) is 5.01 Å². The smallest absolute Gasteiger partial charge is 0.205 e. The molecule has 0 unspecified atom stereocenters. The first-order chi connectivity index (χ1) is 7.84. The third-order valence-electron chi connectivity index (χ3n) is 2.42. The van der Waals surface area contributed by atoms with Crippen LogP contribution in [0.25, 0.3) is 21.3 Å². The highest BCUT2D eigenvalue weighted by molar-refractivity contribution is 7.09. The fourth-order valence-corrected chi connectivity index (χ4v) is 2.57. The molecule has 2 nitrogen and oxygen atoms in total. The summed E-state index contributed by atoms with van der Waals surface area (Å²) in [5.74, 6) is 0. The predicted molar refractivity (Wildman–Crippen MR) is 67.9 cm³/mol. The Kier molecular flexibility index (Phi) is 2.35. The zero-order valence-corrected chi connectivity index (χ0v) is 9.79. The van der Waals surface area contributed by atoms with Gasteiger partial charge in [0.05, 0.1) is 0 Å². The molecule has 0 atom stereocenters. The molecule has 4 heteroatoms. The average Bonchev–Trinajstić information content (AvgIpc) is 2.75. The SMILES string of the molecule is Clc1nsc(-c2cccc3ccccc23)n1. The van der Waals surface area contributed by atoms with Crippen LogP contribution in [0, 0.1) is 0 Å². The number of rotatable bonds is 1. The van der Waals surface area contributed by atoms with E-state index in [2.05, 4.69) is 27.6 Å². The molecule has 0 fully saturated rings. The number of aromatic nitrogens is 2. The first kappa shape index (κ1) is 9.75. The molecule has 0 aliphatic heterocycles. The minimum Gasteiger partial charge on any atom is -0.205 e. The predicted octanol–water partition coefficient (Wildman–Crippen LogP) is 4.01. The molecular weight excluding hydrogens is 240 g/mol. The Bertz CT molecular complexity index is 643. The summed E-state index contributed by atoms with van der Waals surface area (Å²) in [4.78, 5) is 4.20. The van der Waals surface area contributed by atoms with E-state index in [1.54, 1.807) is 0 Å². The van der Waals surface area contributed by atoms with E-state index in [0.717, 1.165) is 10.6 Å². The fourth-order valence-electron chi connectivity index (χ4n) is 1.73. The van der Waals surface area contributed by atoms with E-state index in [0.29, 0.717) is 5.28 Å². The molecule has 0 amide bonds. The lowest BCUT2D eigenvalue weighted by molar-refractivity contribution is 1.33. The van der Waals surface area contributed by atoms with Crippen LogP contribution >= 0.6 is 23.1 Å². The van der Waals surface area contributed by atoms with E-state index in [-0.39, 0.29) is 0 Å². The van der Waals surface area contributed by atoms with Crippen molar-refractivity contribution in [2.45, 2.75) is 0 Å². The monoisotopic (exact) mass is 246 g/mol.